The third kappa shape index (κ3) is 3.21. The van der Waals surface area contributed by atoms with E-state index in [1.54, 1.807) is 0 Å². The predicted molar refractivity (Wildman–Crippen MR) is 69.9 cm³/mol. The zero-order valence-electron chi connectivity index (χ0n) is 11.1. The highest BCUT2D eigenvalue weighted by molar-refractivity contribution is 5.78. The first-order valence-electron chi connectivity index (χ1n) is 7.24. The van der Waals surface area contributed by atoms with Crippen molar-refractivity contribution in [2.45, 2.75) is 51.9 Å². The number of carbonyl (C=O) groups excluding carboxylic acids is 1. The quantitative estimate of drug-likeness (QED) is 0.796. The molecular formula is C14H26N2O. The van der Waals surface area contributed by atoms with Gasteiger partial charge in [0, 0.05) is 19.6 Å². The molecule has 0 spiro atoms. The van der Waals surface area contributed by atoms with Gasteiger partial charge < -0.3 is 10.2 Å². The average molecular weight is 238 g/mol. The zero-order valence-corrected chi connectivity index (χ0v) is 11.1. The van der Waals surface area contributed by atoms with Crippen LogP contribution in [0.2, 0.25) is 0 Å². The van der Waals surface area contributed by atoms with Gasteiger partial charge in [-0.15, -0.1) is 0 Å². The van der Waals surface area contributed by atoms with Gasteiger partial charge in [-0.1, -0.05) is 19.8 Å². The van der Waals surface area contributed by atoms with Crippen LogP contribution in [0.3, 0.4) is 0 Å². The van der Waals surface area contributed by atoms with Crippen molar-refractivity contribution in [1.82, 2.24) is 10.2 Å². The predicted octanol–water partition coefficient (Wildman–Crippen LogP) is 2.17. The Morgan fingerprint density at radius 1 is 1.18 bits per heavy atom. The smallest absolute Gasteiger partial charge is 0.236 e. The van der Waals surface area contributed by atoms with E-state index in [9.17, 15) is 4.79 Å². The number of rotatable bonds is 5. The van der Waals surface area contributed by atoms with Gasteiger partial charge in [0.2, 0.25) is 5.91 Å². The minimum absolute atomic E-state index is 0.298. The maximum atomic E-state index is 11.9. The first-order chi connectivity index (χ1) is 8.26. The highest BCUT2D eigenvalue weighted by atomic mass is 16.2. The maximum Gasteiger partial charge on any atom is 0.236 e. The Labute approximate surface area is 105 Å². The Morgan fingerprint density at radius 2 is 1.82 bits per heavy atom. The Hall–Kier alpha value is -0.570. The van der Waals surface area contributed by atoms with Crippen LogP contribution in [0.5, 0.6) is 0 Å². The highest BCUT2D eigenvalue weighted by Crippen LogP contribution is 2.40. The van der Waals surface area contributed by atoms with Gasteiger partial charge in [0.05, 0.1) is 6.54 Å². The van der Waals surface area contributed by atoms with Gasteiger partial charge in [-0.05, 0) is 37.5 Å². The second kappa shape index (κ2) is 5.85. The number of amides is 1. The molecule has 0 radical (unpaired) electrons. The van der Waals surface area contributed by atoms with Crippen molar-refractivity contribution in [2.24, 2.45) is 5.41 Å². The molecule has 17 heavy (non-hydrogen) atoms. The third-order valence-electron chi connectivity index (χ3n) is 4.65. The number of nitrogens with zero attached hydrogens (tertiary/aromatic N) is 1. The lowest BCUT2D eigenvalue weighted by Gasteiger charge is -2.28. The van der Waals surface area contributed by atoms with Gasteiger partial charge in [-0.25, -0.2) is 0 Å². The lowest BCUT2D eigenvalue weighted by atomic mass is 9.83. The van der Waals surface area contributed by atoms with Crippen LogP contribution in [-0.2, 0) is 4.79 Å². The van der Waals surface area contributed by atoms with E-state index in [1.807, 2.05) is 4.90 Å². The number of carbonyl (C=O) groups is 1. The van der Waals surface area contributed by atoms with Crippen LogP contribution in [0, 0.1) is 5.41 Å². The summed E-state index contributed by atoms with van der Waals surface area (Å²) < 4.78 is 0. The fourth-order valence-corrected chi connectivity index (χ4v) is 3.29. The van der Waals surface area contributed by atoms with Crippen molar-refractivity contribution in [2.75, 3.05) is 26.2 Å². The molecule has 0 atom stereocenters. The normalized spacial score (nSPS) is 23.2. The van der Waals surface area contributed by atoms with Crippen LogP contribution in [0.1, 0.15) is 51.9 Å². The van der Waals surface area contributed by atoms with Crippen molar-refractivity contribution in [3.05, 3.63) is 0 Å². The number of hydrogen-bond donors (Lipinski definition) is 1. The molecule has 3 heteroatoms. The van der Waals surface area contributed by atoms with E-state index in [-0.39, 0.29) is 0 Å². The van der Waals surface area contributed by atoms with Gasteiger partial charge >= 0.3 is 0 Å². The molecule has 0 bridgehead atoms. The minimum atomic E-state index is 0.298. The fourth-order valence-electron chi connectivity index (χ4n) is 3.29. The zero-order chi connectivity index (χ0) is 12.1. The van der Waals surface area contributed by atoms with Crippen LogP contribution >= 0.6 is 0 Å². The number of hydrogen-bond acceptors (Lipinski definition) is 2. The second-order valence-corrected chi connectivity index (χ2v) is 5.75. The summed E-state index contributed by atoms with van der Waals surface area (Å²) >= 11 is 0. The molecule has 2 fully saturated rings. The van der Waals surface area contributed by atoms with E-state index < -0.39 is 0 Å². The molecule has 2 rings (SSSR count). The topological polar surface area (TPSA) is 32.3 Å². The molecule has 2 aliphatic rings. The van der Waals surface area contributed by atoms with Crippen LogP contribution in [0.4, 0.5) is 0 Å². The standard InChI is InChI=1S/C14H26N2O/c1-2-14(7-3-4-8-14)12-15-11-13(17)16-9-5-6-10-16/h15H,2-12H2,1H3. The molecule has 1 amide bonds. The number of nitrogens with one attached hydrogen (secondary N) is 1. The Bertz CT molecular complexity index is 253. The van der Waals surface area contributed by atoms with Crippen LogP contribution < -0.4 is 5.32 Å². The fraction of sp³-hybridized carbons (Fsp3) is 0.929. The van der Waals surface area contributed by atoms with Gasteiger partial charge in [0.15, 0.2) is 0 Å². The largest absolute Gasteiger partial charge is 0.342 e. The van der Waals surface area contributed by atoms with E-state index in [0.717, 1.165) is 19.6 Å². The van der Waals surface area contributed by atoms with E-state index in [2.05, 4.69) is 12.2 Å². The lowest BCUT2D eigenvalue weighted by molar-refractivity contribution is -0.129. The molecule has 1 N–H and O–H groups in total. The van der Waals surface area contributed by atoms with Crippen molar-refractivity contribution in [3.8, 4) is 0 Å². The van der Waals surface area contributed by atoms with Gasteiger partial charge in [-0.2, -0.15) is 0 Å². The first-order valence-corrected chi connectivity index (χ1v) is 7.24. The molecule has 1 aliphatic carbocycles. The van der Waals surface area contributed by atoms with E-state index in [0.29, 0.717) is 17.9 Å². The van der Waals surface area contributed by atoms with Crippen LogP contribution in [-0.4, -0.2) is 37.0 Å². The third-order valence-corrected chi connectivity index (χ3v) is 4.65. The molecule has 3 nitrogen and oxygen atoms in total. The molecule has 1 saturated carbocycles. The minimum Gasteiger partial charge on any atom is -0.342 e. The summed E-state index contributed by atoms with van der Waals surface area (Å²) in [5, 5.41) is 3.40. The van der Waals surface area contributed by atoms with Crippen molar-refractivity contribution in [3.63, 3.8) is 0 Å². The summed E-state index contributed by atoms with van der Waals surface area (Å²) in [5.74, 6) is 0.298. The lowest BCUT2D eigenvalue weighted by Crippen LogP contribution is -2.40. The molecule has 0 aromatic rings. The summed E-state index contributed by atoms with van der Waals surface area (Å²) in [6.45, 7) is 5.80. The molecule has 1 aliphatic heterocycles. The summed E-state index contributed by atoms with van der Waals surface area (Å²) in [6, 6.07) is 0. The molecule has 1 saturated heterocycles. The van der Waals surface area contributed by atoms with Crippen molar-refractivity contribution in [1.29, 1.82) is 0 Å². The summed E-state index contributed by atoms with van der Waals surface area (Å²) in [7, 11) is 0. The van der Waals surface area contributed by atoms with E-state index in [1.165, 1.54) is 44.9 Å². The Kier molecular flexibility index (Phi) is 4.43. The van der Waals surface area contributed by atoms with E-state index >= 15 is 0 Å². The second-order valence-electron chi connectivity index (χ2n) is 5.75. The summed E-state index contributed by atoms with van der Waals surface area (Å²) in [4.78, 5) is 13.9. The molecule has 1 heterocycles. The number of likely N-dealkylation sites (tertiary alicyclic amines) is 1. The highest BCUT2D eigenvalue weighted by Gasteiger charge is 2.31. The van der Waals surface area contributed by atoms with Gasteiger partial charge in [0.25, 0.3) is 0 Å². The summed E-state index contributed by atoms with van der Waals surface area (Å²) in [6.07, 6.45) is 9.04. The molecular weight excluding hydrogens is 212 g/mol. The average Bonchev–Trinajstić information content (AvgIpc) is 3.01. The molecule has 0 aromatic carbocycles. The van der Waals surface area contributed by atoms with Crippen LogP contribution in [0.25, 0.3) is 0 Å². The Balaban J connectivity index is 1.69. The molecule has 0 aromatic heterocycles. The SMILES string of the molecule is CCC1(CNCC(=O)N2CCCC2)CCCC1. The van der Waals surface area contributed by atoms with Crippen molar-refractivity contribution >= 4 is 5.91 Å². The molecule has 0 unspecified atom stereocenters. The first kappa shape index (κ1) is 12.9. The van der Waals surface area contributed by atoms with Crippen molar-refractivity contribution < 1.29 is 4.79 Å². The van der Waals surface area contributed by atoms with Gasteiger partial charge in [-0.3, -0.25) is 4.79 Å². The van der Waals surface area contributed by atoms with Crippen LogP contribution in [0.15, 0.2) is 0 Å². The summed E-state index contributed by atoms with van der Waals surface area (Å²) in [5.41, 5.74) is 0.491. The van der Waals surface area contributed by atoms with E-state index in [4.69, 9.17) is 0 Å². The van der Waals surface area contributed by atoms with Gasteiger partial charge in [0.1, 0.15) is 0 Å². The monoisotopic (exact) mass is 238 g/mol. The Morgan fingerprint density at radius 3 is 2.41 bits per heavy atom. The maximum absolute atomic E-state index is 11.9. The molecule has 98 valence electrons.